The predicted molar refractivity (Wildman–Crippen MR) is 118 cm³/mol. The molecule has 29 heavy (non-hydrogen) atoms. The second kappa shape index (κ2) is 10.8. The Bertz CT molecular complexity index is 829. The van der Waals surface area contributed by atoms with Crippen molar-refractivity contribution in [1.29, 1.82) is 0 Å². The summed E-state index contributed by atoms with van der Waals surface area (Å²) in [7, 11) is 0. The maximum absolute atomic E-state index is 12.3. The number of nitrogens with two attached hydrogens (primary N) is 1. The average Bonchev–Trinajstić information content (AvgIpc) is 2.70. The van der Waals surface area contributed by atoms with Gasteiger partial charge in [-0.25, -0.2) is 0 Å². The van der Waals surface area contributed by atoms with Crippen molar-refractivity contribution >= 4 is 17.5 Å². The first-order valence-electron chi connectivity index (χ1n) is 10.4. The number of amides is 2. The highest BCUT2D eigenvalue weighted by Crippen LogP contribution is 2.19. The Kier molecular flexibility index (Phi) is 8.40. The average molecular weight is 397 g/mol. The van der Waals surface area contributed by atoms with E-state index >= 15 is 0 Å². The summed E-state index contributed by atoms with van der Waals surface area (Å²) in [5, 5.41) is 7.63. The van der Waals surface area contributed by atoms with Crippen molar-refractivity contribution in [3.63, 3.8) is 0 Å². The minimum Gasteiger partial charge on any atom is -0.342 e. The maximum Gasteiger partial charge on any atom is 0.275 e. The summed E-state index contributed by atoms with van der Waals surface area (Å²) in [6, 6.07) is 14.6. The number of nitrogens with one attached hydrogen (secondary N) is 2. The molecule has 0 aliphatic heterocycles. The fraction of sp³-hybridized carbons (Fsp3) is 0.417. The molecule has 0 bridgehead atoms. The molecule has 0 radical (unpaired) electrons. The van der Waals surface area contributed by atoms with E-state index in [-0.39, 0.29) is 30.9 Å². The Hall–Kier alpha value is -2.66. The van der Waals surface area contributed by atoms with Gasteiger partial charge in [0.1, 0.15) is 6.04 Å². The summed E-state index contributed by atoms with van der Waals surface area (Å²) in [5.41, 5.74) is 5.47. The van der Waals surface area contributed by atoms with Crippen LogP contribution in [0.2, 0.25) is 0 Å². The maximum atomic E-state index is 12.3. The lowest BCUT2D eigenvalue weighted by molar-refractivity contribution is -0.692. The van der Waals surface area contributed by atoms with Gasteiger partial charge < -0.3 is 16.0 Å². The molecule has 5 heteroatoms. The zero-order valence-corrected chi connectivity index (χ0v) is 18.2. The van der Waals surface area contributed by atoms with E-state index in [1.165, 1.54) is 11.1 Å². The summed E-state index contributed by atoms with van der Waals surface area (Å²) in [4.78, 5) is 24.4. The van der Waals surface area contributed by atoms with Crippen molar-refractivity contribution in [2.45, 2.75) is 47.1 Å². The van der Waals surface area contributed by atoms with Gasteiger partial charge in [-0.3, -0.25) is 9.59 Å². The molecule has 0 unspecified atom stereocenters. The zero-order chi connectivity index (χ0) is 21.4. The minimum absolute atomic E-state index is 0.0302. The van der Waals surface area contributed by atoms with Crippen LogP contribution < -0.4 is 16.0 Å². The lowest BCUT2D eigenvalue weighted by atomic mass is 9.95. The molecule has 0 spiro atoms. The second-order valence-electron chi connectivity index (χ2n) is 7.88. The van der Waals surface area contributed by atoms with Gasteiger partial charge in [0.15, 0.2) is 6.54 Å². The number of quaternary nitrogens is 1. The lowest BCUT2D eigenvalue weighted by Crippen LogP contribution is -2.88. The number of aryl methyl sites for hydroxylation is 2. The number of rotatable bonds is 9. The van der Waals surface area contributed by atoms with E-state index in [0.29, 0.717) is 5.92 Å². The molecule has 0 fully saturated rings. The van der Waals surface area contributed by atoms with Crippen LogP contribution in [0.4, 0.5) is 5.69 Å². The summed E-state index contributed by atoms with van der Waals surface area (Å²) in [6.07, 6.45) is 1.02. The fourth-order valence-corrected chi connectivity index (χ4v) is 3.33. The van der Waals surface area contributed by atoms with Gasteiger partial charge in [-0.1, -0.05) is 57.2 Å². The molecule has 0 heterocycles. The number of hydrogen-bond donors (Lipinski definition) is 3. The number of hydrogen-bond acceptors (Lipinski definition) is 2. The highest BCUT2D eigenvalue weighted by Gasteiger charge is 2.20. The van der Waals surface area contributed by atoms with Crippen molar-refractivity contribution in [1.82, 2.24) is 5.32 Å². The summed E-state index contributed by atoms with van der Waals surface area (Å²) in [6.45, 7) is 10.7. The van der Waals surface area contributed by atoms with Crippen LogP contribution in [0.15, 0.2) is 42.5 Å². The van der Waals surface area contributed by atoms with Gasteiger partial charge in [-0.2, -0.15) is 0 Å². The molecule has 2 aromatic rings. The molecule has 2 rings (SSSR count). The number of carbonyl (C=O) groups excluding carboxylic acids is 2. The quantitative estimate of drug-likeness (QED) is 0.610. The van der Waals surface area contributed by atoms with Crippen LogP contribution in [0.1, 0.15) is 49.1 Å². The predicted octanol–water partition coefficient (Wildman–Crippen LogP) is 2.88. The van der Waals surface area contributed by atoms with Crippen LogP contribution in [0, 0.1) is 19.8 Å². The molecule has 0 aromatic heterocycles. The third-order valence-corrected chi connectivity index (χ3v) is 5.37. The Labute approximate surface area is 174 Å². The van der Waals surface area contributed by atoms with Crippen molar-refractivity contribution in [2.24, 2.45) is 5.92 Å². The molecule has 156 valence electrons. The van der Waals surface area contributed by atoms with E-state index in [0.717, 1.165) is 23.2 Å². The van der Waals surface area contributed by atoms with Gasteiger partial charge in [0.2, 0.25) is 5.91 Å². The SMILES string of the molecule is CCc1ccc([C@H]([NH2+]CC(=O)NCC(=O)Nc2cccc(C)c2C)C(C)C)cc1. The summed E-state index contributed by atoms with van der Waals surface area (Å²) >= 11 is 0. The van der Waals surface area contributed by atoms with E-state index < -0.39 is 0 Å². The van der Waals surface area contributed by atoms with E-state index in [2.05, 4.69) is 55.7 Å². The second-order valence-corrected chi connectivity index (χ2v) is 7.88. The topological polar surface area (TPSA) is 74.8 Å². The molecular weight excluding hydrogens is 362 g/mol. The third-order valence-electron chi connectivity index (χ3n) is 5.37. The first-order valence-corrected chi connectivity index (χ1v) is 10.4. The van der Waals surface area contributed by atoms with Crippen LogP contribution in [0.5, 0.6) is 0 Å². The van der Waals surface area contributed by atoms with Crippen molar-refractivity contribution < 1.29 is 14.9 Å². The van der Waals surface area contributed by atoms with Gasteiger partial charge in [-0.05, 0) is 43.0 Å². The minimum atomic E-state index is -0.220. The molecule has 5 nitrogen and oxygen atoms in total. The molecule has 2 aromatic carbocycles. The van der Waals surface area contributed by atoms with Crippen LogP contribution >= 0.6 is 0 Å². The number of carbonyl (C=O) groups is 2. The Morgan fingerprint density at radius 2 is 1.69 bits per heavy atom. The number of anilines is 1. The third kappa shape index (κ3) is 6.71. The first kappa shape index (κ1) is 22.6. The van der Waals surface area contributed by atoms with E-state index in [1.807, 2.05) is 37.4 Å². The van der Waals surface area contributed by atoms with E-state index in [1.54, 1.807) is 0 Å². The Morgan fingerprint density at radius 1 is 1.00 bits per heavy atom. The van der Waals surface area contributed by atoms with Gasteiger partial charge in [0, 0.05) is 17.2 Å². The van der Waals surface area contributed by atoms with Gasteiger partial charge in [0.05, 0.1) is 6.54 Å². The fourth-order valence-electron chi connectivity index (χ4n) is 3.33. The Morgan fingerprint density at radius 3 is 2.31 bits per heavy atom. The molecule has 0 aliphatic rings. The van der Waals surface area contributed by atoms with Gasteiger partial charge in [0.25, 0.3) is 5.91 Å². The molecule has 4 N–H and O–H groups in total. The Balaban J connectivity index is 1.84. The highest BCUT2D eigenvalue weighted by atomic mass is 16.2. The molecule has 0 aliphatic carbocycles. The zero-order valence-electron chi connectivity index (χ0n) is 18.2. The van der Waals surface area contributed by atoms with Crippen molar-refractivity contribution in [2.75, 3.05) is 18.4 Å². The molecule has 1 atom stereocenters. The van der Waals surface area contributed by atoms with Gasteiger partial charge in [-0.15, -0.1) is 0 Å². The van der Waals surface area contributed by atoms with Crippen molar-refractivity contribution in [3.8, 4) is 0 Å². The van der Waals surface area contributed by atoms with Crippen LogP contribution in [-0.2, 0) is 16.0 Å². The van der Waals surface area contributed by atoms with Crippen LogP contribution in [-0.4, -0.2) is 24.9 Å². The molecule has 2 amide bonds. The monoisotopic (exact) mass is 396 g/mol. The smallest absolute Gasteiger partial charge is 0.275 e. The summed E-state index contributed by atoms with van der Waals surface area (Å²) < 4.78 is 0. The highest BCUT2D eigenvalue weighted by molar-refractivity contribution is 5.95. The summed E-state index contributed by atoms with van der Waals surface area (Å²) in [5.74, 6) is 0.0300. The largest absolute Gasteiger partial charge is 0.342 e. The number of benzene rings is 2. The van der Waals surface area contributed by atoms with Gasteiger partial charge >= 0.3 is 0 Å². The molecular formula is C24H34N3O2+. The van der Waals surface area contributed by atoms with Crippen LogP contribution in [0.25, 0.3) is 0 Å². The normalized spacial score (nSPS) is 11.9. The van der Waals surface area contributed by atoms with Crippen molar-refractivity contribution in [3.05, 3.63) is 64.7 Å². The van der Waals surface area contributed by atoms with Crippen LogP contribution in [0.3, 0.4) is 0 Å². The molecule has 0 saturated carbocycles. The van der Waals surface area contributed by atoms with E-state index in [4.69, 9.17) is 0 Å². The van der Waals surface area contributed by atoms with E-state index in [9.17, 15) is 9.59 Å². The molecule has 0 saturated heterocycles. The standard InChI is InChI=1S/C24H33N3O2/c1-6-19-10-12-20(13-11-19)24(16(2)3)26-14-22(28)25-15-23(29)27-21-9-7-8-17(4)18(21)5/h7-13,16,24,26H,6,14-15H2,1-5H3,(H,25,28)(H,27,29)/p+1/t24-/m1/s1. The first-order chi connectivity index (χ1) is 13.8. The lowest BCUT2D eigenvalue weighted by Gasteiger charge is -2.20.